The Morgan fingerprint density at radius 1 is 1.09 bits per heavy atom. The normalized spacial score (nSPS) is 14.8. The van der Waals surface area contributed by atoms with E-state index in [2.05, 4.69) is 19.8 Å². The summed E-state index contributed by atoms with van der Waals surface area (Å²) < 4.78 is 66.4. The highest BCUT2D eigenvalue weighted by Crippen LogP contribution is 2.39. The van der Waals surface area contributed by atoms with Crippen LogP contribution in [0.3, 0.4) is 0 Å². The van der Waals surface area contributed by atoms with Crippen molar-refractivity contribution in [2.24, 2.45) is 4.99 Å². The van der Waals surface area contributed by atoms with Crippen molar-refractivity contribution < 1.29 is 45.6 Å². The first kappa shape index (κ1) is 25.0. The summed E-state index contributed by atoms with van der Waals surface area (Å²) in [6, 6.07) is 6.38. The van der Waals surface area contributed by atoms with Crippen molar-refractivity contribution in [3.63, 3.8) is 0 Å². The number of rotatable bonds is 4. The summed E-state index contributed by atoms with van der Waals surface area (Å²) in [5, 5.41) is 15.6. The van der Waals surface area contributed by atoms with E-state index in [0.29, 0.717) is 25.1 Å². The largest absolute Gasteiger partial charge is 0.534 e. The minimum absolute atomic E-state index is 0.326. The van der Waals surface area contributed by atoms with Crippen LogP contribution in [-0.4, -0.2) is 52.9 Å². The molecule has 0 saturated heterocycles. The summed E-state index contributed by atoms with van der Waals surface area (Å²) in [5.41, 5.74) is 0.421. The second kappa shape index (κ2) is 9.33. The van der Waals surface area contributed by atoms with Gasteiger partial charge in [-0.1, -0.05) is 0 Å². The molecule has 0 unspecified atom stereocenters. The topological polar surface area (TPSA) is 135 Å². The van der Waals surface area contributed by atoms with Gasteiger partial charge >= 0.3 is 27.6 Å². The number of nitrogens with zero attached hydrogens (tertiary/aromatic N) is 2. The van der Waals surface area contributed by atoms with E-state index in [4.69, 9.17) is 10.2 Å². The number of benzene rings is 1. The summed E-state index contributed by atoms with van der Waals surface area (Å²) in [4.78, 5) is 23.6. The Morgan fingerprint density at radius 3 is 2.29 bits per heavy atom. The highest BCUT2D eigenvalue weighted by Gasteiger charge is 2.48. The second-order valence-corrected chi connectivity index (χ2v) is 8.87. The van der Waals surface area contributed by atoms with Crippen molar-refractivity contribution in [2.45, 2.75) is 31.8 Å². The SMILES string of the molecule is CC1=NCCn2c1cc1c2-c2ccc(OS(=O)(=O)C(F)(F)F)cc2CC1.O=C(O)/C=C/C(=O)O. The van der Waals surface area contributed by atoms with Crippen LogP contribution in [-0.2, 0) is 39.1 Å². The highest BCUT2D eigenvalue weighted by atomic mass is 32.2. The minimum Gasteiger partial charge on any atom is -0.478 e. The zero-order valence-corrected chi connectivity index (χ0v) is 18.5. The van der Waals surface area contributed by atoms with Crippen LogP contribution >= 0.6 is 0 Å². The second-order valence-electron chi connectivity index (χ2n) is 7.33. The molecule has 2 aromatic rings. The van der Waals surface area contributed by atoms with Crippen LogP contribution in [0.2, 0.25) is 0 Å². The first-order valence-corrected chi connectivity index (χ1v) is 11.2. The van der Waals surface area contributed by atoms with E-state index >= 15 is 0 Å². The first-order valence-electron chi connectivity index (χ1n) is 9.82. The molecule has 0 bridgehead atoms. The Kier molecular flexibility index (Phi) is 6.87. The molecule has 0 atom stereocenters. The predicted octanol–water partition coefficient (Wildman–Crippen LogP) is 3.02. The van der Waals surface area contributed by atoms with Crippen LogP contribution in [0.4, 0.5) is 13.2 Å². The van der Waals surface area contributed by atoms with Crippen molar-refractivity contribution in [3.05, 3.63) is 53.2 Å². The molecule has 2 heterocycles. The molecule has 13 heteroatoms. The molecule has 0 fully saturated rings. The molecule has 0 radical (unpaired) electrons. The summed E-state index contributed by atoms with van der Waals surface area (Å²) in [6.45, 7) is 3.37. The number of carboxylic acids is 2. The molecule has 182 valence electrons. The lowest BCUT2D eigenvalue weighted by atomic mass is 9.90. The molecule has 1 aliphatic carbocycles. The minimum atomic E-state index is -5.67. The zero-order valence-electron chi connectivity index (χ0n) is 17.7. The average Bonchev–Trinajstić information content (AvgIpc) is 3.12. The number of alkyl halides is 3. The zero-order chi connectivity index (χ0) is 25.3. The molecule has 2 aliphatic rings. The number of aliphatic imine (C=N–C) groups is 1. The van der Waals surface area contributed by atoms with Crippen LogP contribution in [0.25, 0.3) is 11.3 Å². The van der Waals surface area contributed by atoms with E-state index in [1.165, 1.54) is 17.7 Å². The molecule has 0 saturated carbocycles. The number of carbonyl (C=O) groups is 2. The summed E-state index contributed by atoms with van der Waals surface area (Å²) in [6.07, 6.45) is 2.45. The van der Waals surface area contributed by atoms with Gasteiger partial charge in [0, 0.05) is 24.3 Å². The van der Waals surface area contributed by atoms with Crippen LogP contribution in [0.5, 0.6) is 5.75 Å². The number of aromatic nitrogens is 1. The van der Waals surface area contributed by atoms with E-state index in [1.54, 1.807) is 6.07 Å². The van der Waals surface area contributed by atoms with Gasteiger partial charge in [0.1, 0.15) is 5.75 Å². The predicted molar refractivity (Wildman–Crippen MR) is 114 cm³/mol. The molecule has 9 nitrogen and oxygen atoms in total. The number of aliphatic carboxylic acids is 2. The Labute approximate surface area is 191 Å². The van der Waals surface area contributed by atoms with Gasteiger partial charge in [0.2, 0.25) is 0 Å². The van der Waals surface area contributed by atoms with E-state index in [9.17, 15) is 31.2 Å². The highest BCUT2D eigenvalue weighted by molar-refractivity contribution is 7.88. The van der Waals surface area contributed by atoms with Crippen LogP contribution in [0, 0.1) is 0 Å². The summed E-state index contributed by atoms with van der Waals surface area (Å²) in [5.74, 6) is -2.84. The smallest absolute Gasteiger partial charge is 0.478 e. The van der Waals surface area contributed by atoms with Crippen LogP contribution < -0.4 is 4.18 Å². The number of fused-ring (bicyclic) bond motifs is 5. The Morgan fingerprint density at radius 2 is 1.71 bits per heavy atom. The molecule has 34 heavy (non-hydrogen) atoms. The van der Waals surface area contributed by atoms with Gasteiger partial charge in [-0.2, -0.15) is 21.6 Å². The molecule has 2 N–H and O–H groups in total. The fourth-order valence-electron chi connectivity index (χ4n) is 3.69. The van der Waals surface area contributed by atoms with Gasteiger partial charge in [-0.05, 0) is 55.2 Å². The molecule has 4 rings (SSSR count). The Balaban J connectivity index is 0.000000350. The van der Waals surface area contributed by atoms with Gasteiger partial charge in [-0.3, -0.25) is 4.99 Å². The van der Waals surface area contributed by atoms with E-state index in [1.807, 2.05) is 6.92 Å². The van der Waals surface area contributed by atoms with Gasteiger partial charge in [0.25, 0.3) is 0 Å². The fraction of sp³-hybridized carbons (Fsp3) is 0.286. The number of carboxylic acid groups (broad SMARTS) is 2. The lowest BCUT2D eigenvalue weighted by Gasteiger charge is -2.22. The number of hydrogen-bond donors (Lipinski definition) is 2. The standard InChI is InChI=1S/C17H15F3N2O3S.C4H4O4/c1-10-15-9-12-3-2-11-8-13(25-26(23,24)17(18,19)20)4-5-14(11)16(12)22(15)7-6-21-10;5-3(6)1-2-4(7)8/h4-5,8-9H,2-3,6-7H2,1H3;1-2H,(H,5,6)(H,7,8)/b;2-1+. The van der Waals surface area contributed by atoms with Gasteiger partial charge < -0.3 is 19.0 Å². The maximum absolute atomic E-state index is 12.5. The molecule has 0 spiro atoms. The van der Waals surface area contributed by atoms with Crippen molar-refractivity contribution >= 4 is 27.8 Å². The van der Waals surface area contributed by atoms with E-state index < -0.39 is 27.6 Å². The van der Waals surface area contributed by atoms with Gasteiger partial charge in [-0.15, -0.1) is 0 Å². The summed E-state index contributed by atoms with van der Waals surface area (Å²) in [7, 11) is -5.67. The van der Waals surface area contributed by atoms with Gasteiger partial charge in [-0.25, -0.2) is 9.59 Å². The first-order chi connectivity index (χ1) is 15.8. The van der Waals surface area contributed by atoms with Gasteiger partial charge in [0.15, 0.2) is 0 Å². The number of halogens is 3. The van der Waals surface area contributed by atoms with Gasteiger partial charge in [0.05, 0.1) is 23.6 Å². The molecule has 1 aromatic heterocycles. The van der Waals surface area contributed by atoms with Crippen LogP contribution in [0.1, 0.15) is 23.7 Å². The third-order valence-corrected chi connectivity index (χ3v) is 6.05. The maximum atomic E-state index is 12.5. The van der Waals surface area contributed by atoms with Crippen LogP contribution in [0.15, 0.2) is 41.4 Å². The van der Waals surface area contributed by atoms with E-state index in [-0.39, 0.29) is 5.75 Å². The van der Waals surface area contributed by atoms with E-state index in [0.717, 1.165) is 41.2 Å². The number of hydrogen-bond acceptors (Lipinski definition) is 6. The quantitative estimate of drug-likeness (QED) is 0.374. The molecular formula is C21H19F3N2O7S. The molecular weight excluding hydrogens is 481 g/mol. The Hall–Kier alpha value is -3.61. The molecule has 1 aliphatic heterocycles. The molecule has 0 amide bonds. The lowest BCUT2D eigenvalue weighted by molar-refractivity contribution is -0.134. The lowest BCUT2D eigenvalue weighted by Crippen LogP contribution is -2.28. The van der Waals surface area contributed by atoms with Crippen molar-refractivity contribution in [2.75, 3.05) is 6.54 Å². The summed E-state index contributed by atoms with van der Waals surface area (Å²) >= 11 is 0. The van der Waals surface area contributed by atoms with Crippen molar-refractivity contribution in [3.8, 4) is 17.0 Å². The third-order valence-electron chi connectivity index (χ3n) is 5.07. The number of aryl methyl sites for hydroxylation is 2. The monoisotopic (exact) mass is 500 g/mol. The maximum Gasteiger partial charge on any atom is 0.534 e. The molecule has 1 aromatic carbocycles. The third kappa shape index (κ3) is 5.30. The average molecular weight is 500 g/mol. The fourth-order valence-corrected chi connectivity index (χ4v) is 4.14. The van der Waals surface area contributed by atoms with Crippen molar-refractivity contribution in [1.29, 1.82) is 0 Å². The van der Waals surface area contributed by atoms with Crippen molar-refractivity contribution in [1.82, 2.24) is 4.57 Å². The Bertz CT molecular complexity index is 1290.